The molecule has 3 fully saturated rings. The van der Waals surface area contributed by atoms with Gasteiger partial charge in [0.05, 0.1) is 17.4 Å². The smallest absolute Gasteiger partial charge is 0.338 e. The largest absolute Gasteiger partial charge is 0.462 e. The average Bonchev–Trinajstić information content (AvgIpc) is 3.41. The molecule has 5 atom stereocenters. The minimum absolute atomic E-state index is 0.0116. The number of halogens is 1. The van der Waals surface area contributed by atoms with E-state index >= 15 is 0 Å². The Morgan fingerprint density at radius 3 is 2.41 bits per heavy atom. The van der Waals surface area contributed by atoms with Gasteiger partial charge in [0.2, 0.25) is 5.91 Å². The Labute approximate surface area is 192 Å². The molecule has 164 valence electrons. The molecule has 5 rings (SSSR count). The van der Waals surface area contributed by atoms with E-state index in [0.717, 1.165) is 17.3 Å². The van der Waals surface area contributed by atoms with Gasteiger partial charge in [0, 0.05) is 21.6 Å². The van der Waals surface area contributed by atoms with Crippen LogP contribution >= 0.6 is 15.9 Å². The summed E-state index contributed by atoms with van der Waals surface area (Å²) in [6.45, 7) is -0.359. The number of benzene rings is 2. The van der Waals surface area contributed by atoms with Crippen molar-refractivity contribution in [3.8, 4) is 0 Å². The monoisotopic (exact) mass is 497 g/mol. The fourth-order valence-corrected chi connectivity index (χ4v) is 5.48. The summed E-state index contributed by atoms with van der Waals surface area (Å²) in [5, 5.41) is 2.86. The molecule has 1 N–H and O–H groups in total. The van der Waals surface area contributed by atoms with Crippen LogP contribution in [0.3, 0.4) is 0 Å². The van der Waals surface area contributed by atoms with Crippen molar-refractivity contribution in [1.29, 1.82) is 0 Å². The lowest BCUT2D eigenvalue weighted by Gasteiger charge is -2.23. The molecule has 2 aliphatic carbocycles. The second-order valence-electron chi connectivity index (χ2n) is 8.50. The molecular formula is C24H20BrNO6. The van der Waals surface area contributed by atoms with Crippen LogP contribution in [0.2, 0.25) is 0 Å². The zero-order valence-electron chi connectivity index (χ0n) is 17.0. The fraction of sp³-hybridized carbons (Fsp3) is 0.333. The summed E-state index contributed by atoms with van der Waals surface area (Å²) in [5.74, 6) is -1.71. The number of hydrogen-bond acceptors (Lipinski definition) is 6. The van der Waals surface area contributed by atoms with Crippen molar-refractivity contribution in [2.45, 2.75) is 18.9 Å². The van der Waals surface area contributed by atoms with Gasteiger partial charge in [-0.15, -0.1) is 0 Å². The lowest BCUT2D eigenvalue weighted by Crippen LogP contribution is -2.35. The normalized spacial score (nSPS) is 27.2. The third-order valence-corrected chi connectivity index (χ3v) is 7.20. The van der Waals surface area contributed by atoms with Gasteiger partial charge in [-0.25, -0.2) is 4.79 Å². The van der Waals surface area contributed by atoms with E-state index in [2.05, 4.69) is 21.2 Å². The van der Waals surface area contributed by atoms with Crippen molar-refractivity contribution in [1.82, 2.24) is 0 Å². The molecule has 0 unspecified atom stereocenters. The van der Waals surface area contributed by atoms with Crippen molar-refractivity contribution in [3.63, 3.8) is 0 Å². The number of anilines is 1. The molecule has 7 nitrogen and oxygen atoms in total. The molecule has 0 aromatic heterocycles. The first-order valence-electron chi connectivity index (χ1n) is 10.5. The number of ether oxygens (including phenoxy) is 2. The SMILES string of the molecule is O=C(COC(=O)c1ccc(NC(=O)[C@@H]2[C@@H]3C[C@@H]4[C@@H]2C(=O)O[C@@H]4C3)cc1)c1ccc(Br)cc1. The third kappa shape index (κ3) is 3.72. The van der Waals surface area contributed by atoms with E-state index in [9.17, 15) is 19.2 Å². The first-order chi connectivity index (χ1) is 15.4. The first kappa shape index (κ1) is 20.9. The Kier molecular flexibility index (Phi) is 5.33. The predicted octanol–water partition coefficient (Wildman–Crippen LogP) is 3.62. The van der Waals surface area contributed by atoms with Gasteiger partial charge in [0.15, 0.2) is 12.4 Å². The Balaban J connectivity index is 1.17. The minimum Gasteiger partial charge on any atom is -0.462 e. The Bertz CT molecular complexity index is 1090. The molecule has 8 heteroatoms. The van der Waals surface area contributed by atoms with Gasteiger partial charge >= 0.3 is 11.9 Å². The molecular weight excluding hydrogens is 478 g/mol. The van der Waals surface area contributed by atoms with Gasteiger partial charge in [0.1, 0.15) is 6.10 Å². The van der Waals surface area contributed by atoms with Gasteiger partial charge < -0.3 is 14.8 Å². The fourth-order valence-electron chi connectivity index (χ4n) is 5.21. The van der Waals surface area contributed by atoms with Crippen molar-refractivity contribution in [2.75, 3.05) is 11.9 Å². The number of hydrogen-bond donors (Lipinski definition) is 1. The minimum atomic E-state index is -0.624. The number of carbonyl (C=O) groups is 4. The molecule has 1 saturated heterocycles. The van der Waals surface area contributed by atoms with Gasteiger partial charge in [-0.1, -0.05) is 28.1 Å². The second kappa shape index (κ2) is 8.16. The number of ketones is 1. The zero-order chi connectivity index (χ0) is 22.4. The number of Topliss-reactive ketones (excluding diaryl/α,β-unsaturated/α-hetero) is 1. The molecule has 0 spiro atoms. The first-order valence-corrected chi connectivity index (χ1v) is 11.3. The molecule has 2 bridgehead atoms. The van der Waals surface area contributed by atoms with E-state index in [1.807, 2.05) is 0 Å². The molecule has 0 radical (unpaired) electrons. The maximum atomic E-state index is 12.8. The Morgan fingerprint density at radius 1 is 1.00 bits per heavy atom. The highest BCUT2D eigenvalue weighted by Crippen LogP contribution is 2.57. The van der Waals surface area contributed by atoms with Crippen LogP contribution in [0.4, 0.5) is 5.69 Å². The van der Waals surface area contributed by atoms with Crippen LogP contribution in [-0.2, 0) is 19.1 Å². The highest BCUT2D eigenvalue weighted by atomic mass is 79.9. The van der Waals surface area contributed by atoms with Crippen LogP contribution in [0.5, 0.6) is 0 Å². The summed E-state index contributed by atoms with van der Waals surface area (Å²) in [7, 11) is 0. The Hall–Kier alpha value is -3.00. The maximum Gasteiger partial charge on any atom is 0.338 e. The topological polar surface area (TPSA) is 98.8 Å². The third-order valence-electron chi connectivity index (χ3n) is 6.67. The van der Waals surface area contributed by atoms with Gasteiger partial charge in [0.25, 0.3) is 0 Å². The number of rotatable bonds is 6. The summed E-state index contributed by atoms with van der Waals surface area (Å²) in [4.78, 5) is 49.4. The number of esters is 2. The van der Waals surface area contributed by atoms with Crippen LogP contribution in [0.25, 0.3) is 0 Å². The van der Waals surface area contributed by atoms with Gasteiger partial charge in [-0.05, 0) is 55.2 Å². The lowest BCUT2D eigenvalue weighted by molar-refractivity contribution is -0.145. The number of amides is 1. The quantitative estimate of drug-likeness (QED) is 0.483. The van der Waals surface area contributed by atoms with E-state index in [1.165, 1.54) is 12.1 Å². The standard InChI is InChI=1S/C24H20BrNO6/c25-15-5-1-12(2-6-15)18(27)11-31-23(29)13-3-7-16(8-4-13)26-22(28)20-14-9-17-19(10-14)32-24(30)21(17)20/h1-8,14,17,19-21H,9-11H2,(H,26,28)/t14-,17+,19-,20-,21+/m1/s1. The summed E-state index contributed by atoms with van der Waals surface area (Å²) in [6, 6.07) is 13.1. The molecule has 1 heterocycles. The zero-order valence-corrected chi connectivity index (χ0v) is 18.5. The molecule has 1 aliphatic heterocycles. The highest BCUT2D eigenvalue weighted by Gasteiger charge is 2.63. The lowest BCUT2D eigenvalue weighted by atomic mass is 9.79. The van der Waals surface area contributed by atoms with Crippen molar-refractivity contribution >= 4 is 45.2 Å². The maximum absolute atomic E-state index is 12.8. The van der Waals surface area contributed by atoms with Crippen molar-refractivity contribution in [3.05, 3.63) is 64.1 Å². The van der Waals surface area contributed by atoms with E-state index in [1.54, 1.807) is 36.4 Å². The van der Waals surface area contributed by atoms with E-state index < -0.39 is 5.97 Å². The summed E-state index contributed by atoms with van der Waals surface area (Å²) in [5.41, 5.74) is 1.26. The Morgan fingerprint density at radius 2 is 1.69 bits per heavy atom. The van der Waals surface area contributed by atoms with E-state index in [4.69, 9.17) is 9.47 Å². The van der Waals surface area contributed by atoms with Gasteiger partial charge in [-0.3, -0.25) is 14.4 Å². The number of carbonyl (C=O) groups excluding carboxylic acids is 4. The predicted molar refractivity (Wildman–Crippen MR) is 117 cm³/mol. The summed E-state index contributed by atoms with van der Waals surface area (Å²) in [6.07, 6.45) is 1.61. The number of nitrogens with one attached hydrogen (secondary N) is 1. The van der Waals surface area contributed by atoms with Crippen LogP contribution in [0.15, 0.2) is 53.0 Å². The van der Waals surface area contributed by atoms with Crippen molar-refractivity contribution in [2.24, 2.45) is 23.7 Å². The number of fused-ring (bicyclic) bond motifs is 1. The molecule has 2 aromatic rings. The molecule has 2 saturated carbocycles. The van der Waals surface area contributed by atoms with Gasteiger partial charge in [-0.2, -0.15) is 0 Å². The molecule has 32 heavy (non-hydrogen) atoms. The van der Waals surface area contributed by atoms with Crippen molar-refractivity contribution < 1.29 is 28.7 Å². The van der Waals surface area contributed by atoms with E-state index in [-0.39, 0.29) is 59.6 Å². The van der Waals surface area contributed by atoms with Crippen LogP contribution in [-0.4, -0.2) is 36.3 Å². The highest BCUT2D eigenvalue weighted by molar-refractivity contribution is 9.10. The summed E-state index contributed by atoms with van der Waals surface area (Å²) >= 11 is 3.30. The second-order valence-corrected chi connectivity index (χ2v) is 9.41. The van der Waals surface area contributed by atoms with Crippen LogP contribution in [0.1, 0.15) is 33.6 Å². The van der Waals surface area contributed by atoms with Crippen LogP contribution in [0, 0.1) is 23.7 Å². The van der Waals surface area contributed by atoms with Crippen LogP contribution < -0.4 is 5.32 Å². The molecule has 1 amide bonds. The average molecular weight is 498 g/mol. The summed E-state index contributed by atoms with van der Waals surface area (Å²) < 4.78 is 11.4. The molecule has 3 aliphatic rings. The van der Waals surface area contributed by atoms with E-state index in [0.29, 0.717) is 11.3 Å². The molecule has 2 aromatic carbocycles.